The molecule has 12 heavy (non-hydrogen) atoms. The zero-order valence-corrected chi connectivity index (χ0v) is 7.34. The largest absolute Gasteiger partial charge is 0.411 e. The van der Waals surface area contributed by atoms with Crippen molar-refractivity contribution < 1.29 is 5.21 Å². The van der Waals surface area contributed by atoms with Crippen LogP contribution in [0, 0.1) is 0 Å². The van der Waals surface area contributed by atoms with Crippen molar-refractivity contribution in [2.45, 2.75) is 12.8 Å². The van der Waals surface area contributed by atoms with Gasteiger partial charge >= 0.3 is 0 Å². The molecule has 0 heterocycles. The third-order valence-corrected chi connectivity index (χ3v) is 2.08. The van der Waals surface area contributed by atoms with E-state index in [2.05, 4.69) is 11.2 Å². The van der Waals surface area contributed by atoms with E-state index in [0.717, 1.165) is 24.1 Å². The third kappa shape index (κ3) is 1.30. The highest BCUT2D eigenvalue weighted by molar-refractivity contribution is 6.04. The van der Waals surface area contributed by atoms with Crippen LogP contribution in [0.2, 0.25) is 0 Å². The van der Waals surface area contributed by atoms with E-state index >= 15 is 0 Å². The molecule has 1 aliphatic carbocycles. The zero-order valence-electron chi connectivity index (χ0n) is 6.53. The number of hydrogen-bond acceptors (Lipinski definition) is 2. The van der Waals surface area contributed by atoms with E-state index in [1.807, 2.05) is 18.2 Å². The summed E-state index contributed by atoms with van der Waals surface area (Å²) in [6.07, 6.45) is 1.88. The monoisotopic (exact) mass is 183 g/mol. The van der Waals surface area contributed by atoms with Crippen LogP contribution in [-0.4, -0.2) is 10.9 Å². The van der Waals surface area contributed by atoms with Gasteiger partial charge in [0, 0.05) is 5.56 Å². The predicted octanol–water partition coefficient (Wildman–Crippen LogP) is 2.23. The van der Waals surface area contributed by atoms with Crippen LogP contribution in [0.1, 0.15) is 17.5 Å². The fraction of sp³-hybridized carbons (Fsp3) is 0.222. The van der Waals surface area contributed by atoms with Gasteiger partial charge in [-0.3, -0.25) is 0 Å². The quantitative estimate of drug-likeness (QED) is 0.486. The lowest BCUT2D eigenvalue weighted by molar-refractivity contribution is 0.318. The van der Waals surface area contributed by atoms with Crippen molar-refractivity contribution in [2.24, 2.45) is 5.16 Å². The van der Waals surface area contributed by atoms with Crippen LogP contribution in [0.4, 0.5) is 0 Å². The molecule has 0 radical (unpaired) electrons. The molecule has 64 valence electrons. The van der Waals surface area contributed by atoms with Crippen molar-refractivity contribution >= 4 is 18.1 Å². The van der Waals surface area contributed by atoms with Crippen LogP contribution < -0.4 is 0 Å². The smallest absolute Gasteiger partial charge is 0.0873 e. The molecular weight excluding hydrogens is 174 g/mol. The molecule has 0 aromatic heterocycles. The summed E-state index contributed by atoms with van der Waals surface area (Å²) in [4.78, 5) is 0. The highest BCUT2D eigenvalue weighted by atomic mass is 35.5. The Bertz CT molecular complexity index is 309. The minimum absolute atomic E-state index is 0. The normalized spacial score (nSPS) is 17.2. The Hall–Kier alpha value is -1.02. The van der Waals surface area contributed by atoms with Gasteiger partial charge in [-0.25, -0.2) is 0 Å². The van der Waals surface area contributed by atoms with Crippen LogP contribution in [0.3, 0.4) is 0 Å². The molecule has 0 atom stereocenters. The summed E-state index contributed by atoms with van der Waals surface area (Å²) in [5.74, 6) is 0. The van der Waals surface area contributed by atoms with Gasteiger partial charge in [0.25, 0.3) is 0 Å². The second kappa shape index (κ2) is 3.59. The topological polar surface area (TPSA) is 32.6 Å². The van der Waals surface area contributed by atoms with Gasteiger partial charge in [-0.15, -0.1) is 12.4 Å². The molecule has 0 aliphatic heterocycles. The standard InChI is InChI=1S/C9H9NO.ClH/c11-10-9-6-5-7-3-1-2-4-8(7)9;/h1-4,11H,5-6H2;1H. The van der Waals surface area contributed by atoms with Gasteiger partial charge in [0.15, 0.2) is 0 Å². The van der Waals surface area contributed by atoms with E-state index in [0.29, 0.717) is 0 Å². The minimum Gasteiger partial charge on any atom is -0.411 e. The Morgan fingerprint density at radius 3 is 2.67 bits per heavy atom. The highest BCUT2D eigenvalue weighted by Gasteiger charge is 2.16. The first-order chi connectivity index (χ1) is 5.42. The summed E-state index contributed by atoms with van der Waals surface area (Å²) in [7, 11) is 0. The summed E-state index contributed by atoms with van der Waals surface area (Å²) in [5.41, 5.74) is 3.22. The van der Waals surface area contributed by atoms with E-state index in [1.165, 1.54) is 5.56 Å². The number of aryl methyl sites for hydroxylation is 1. The number of rotatable bonds is 0. The van der Waals surface area contributed by atoms with Crippen molar-refractivity contribution in [2.75, 3.05) is 0 Å². The molecule has 3 heteroatoms. The second-order valence-electron chi connectivity index (χ2n) is 2.70. The number of nitrogens with zero attached hydrogens (tertiary/aromatic N) is 1. The summed E-state index contributed by atoms with van der Waals surface area (Å²) >= 11 is 0. The van der Waals surface area contributed by atoms with E-state index in [1.54, 1.807) is 0 Å². The summed E-state index contributed by atoms with van der Waals surface area (Å²) < 4.78 is 0. The number of fused-ring (bicyclic) bond motifs is 1. The van der Waals surface area contributed by atoms with E-state index in [9.17, 15) is 0 Å². The average molecular weight is 184 g/mol. The fourth-order valence-corrected chi connectivity index (χ4v) is 1.51. The molecule has 0 fully saturated rings. The molecule has 0 unspecified atom stereocenters. The van der Waals surface area contributed by atoms with Crippen LogP contribution in [-0.2, 0) is 6.42 Å². The number of oxime groups is 1. The van der Waals surface area contributed by atoms with E-state index in [-0.39, 0.29) is 12.4 Å². The Morgan fingerprint density at radius 1 is 1.17 bits per heavy atom. The van der Waals surface area contributed by atoms with Crippen molar-refractivity contribution in [1.29, 1.82) is 0 Å². The Balaban J connectivity index is 0.000000720. The zero-order chi connectivity index (χ0) is 7.68. The van der Waals surface area contributed by atoms with Crippen LogP contribution in [0.15, 0.2) is 29.4 Å². The number of hydrogen-bond donors (Lipinski definition) is 1. The molecular formula is C9H10ClNO. The first kappa shape index (κ1) is 9.07. The molecule has 0 amide bonds. The molecule has 0 bridgehead atoms. The van der Waals surface area contributed by atoms with Crippen LogP contribution in [0.5, 0.6) is 0 Å². The lowest BCUT2D eigenvalue weighted by atomic mass is 10.1. The lowest BCUT2D eigenvalue weighted by Gasteiger charge is -1.94. The number of halogens is 1. The van der Waals surface area contributed by atoms with Gasteiger partial charge in [0.2, 0.25) is 0 Å². The average Bonchev–Trinajstić information content (AvgIpc) is 2.47. The van der Waals surface area contributed by atoms with Gasteiger partial charge < -0.3 is 5.21 Å². The predicted molar refractivity (Wildman–Crippen MR) is 50.3 cm³/mol. The fourth-order valence-electron chi connectivity index (χ4n) is 1.51. The van der Waals surface area contributed by atoms with Crippen molar-refractivity contribution in [3.8, 4) is 0 Å². The summed E-state index contributed by atoms with van der Waals surface area (Å²) in [6.45, 7) is 0. The Kier molecular flexibility index (Phi) is 2.71. The SMILES string of the molecule is Cl.ON=C1CCc2ccccc21. The summed E-state index contributed by atoms with van der Waals surface area (Å²) in [6, 6.07) is 8.05. The van der Waals surface area contributed by atoms with Gasteiger partial charge in [-0.2, -0.15) is 0 Å². The molecule has 1 aromatic rings. The van der Waals surface area contributed by atoms with Gasteiger partial charge in [0.1, 0.15) is 0 Å². The second-order valence-corrected chi connectivity index (χ2v) is 2.70. The van der Waals surface area contributed by atoms with E-state index < -0.39 is 0 Å². The summed E-state index contributed by atoms with van der Waals surface area (Å²) in [5, 5.41) is 11.8. The van der Waals surface area contributed by atoms with Crippen LogP contribution >= 0.6 is 12.4 Å². The van der Waals surface area contributed by atoms with Crippen molar-refractivity contribution in [3.05, 3.63) is 35.4 Å². The van der Waals surface area contributed by atoms with Gasteiger partial charge in [-0.05, 0) is 18.4 Å². The number of benzene rings is 1. The maximum absolute atomic E-state index is 8.60. The highest BCUT2D eigenvalue weighted by Crippen LogP contribution is 2.21. The third-order valence-electron chi connectivity index (χ3n) is 2.08. The molecule has 0 saturated carbocycles. The lowest BCUT2D eigenvalue weighted by Crippen LogP contribution is -1.92. The molecule has 0 spiro atoms. The molecule has 2 rings (SSSR count). The first-order valence-corrected chi connectivity index (χ1v) is 3.71. The van der Waals surface area contributed by atoms with E-state index in [4.69, 9.17) is 5.21 Å². The maximum atomic E-state index is 8.60. The first-order valence-electron chi connectivity index (χ1n) is 3.71. The van der Waals surface area contributed by atoms with Crippen molar-refractivity contribution in [3.63, 3.8) is 0 Å². The maximum Gasteiger partial charge on any atom is 0.0873 e. The minimum atomic E-state index is 0. The Labute approximate surface area is 77.3 Å². The van der Waals surface area contributed by atoms with Crippen LogP contribution in [0.25, 0.3) is 0 Å². The molecule has 0 saturated heterocycles. The molecule has 1 N–H and O–H groups in total. The molecule has 1 aromatic carbocycles. The van der Waals surface area contributed by atoms with Crippen molar-refractivity contribution in [1.82, 2.24) is 0 Å². The molecule has 2 nitrogen and oxygen atoms in total. The molecule has 1 aliphatic rings. The Morgan fingerprint density at radius 2 is 1.92 bits per heavy atom. The van der Waals surface area contributed by atoms with Gasteiger partial charge in [-0.1, -0.05) is 29.4 Å². The van der Waals surface area contributed by atoms with Gasteiger partial charge in [0.05, 0.1) is 5.71 Å².